The van der Waals surface area contributed by atoms with Crippen LogP contribution in [-0.2, 0) is 14.3 Å². The Labute approximate surface area is 125 Å². The summed E-state index contributed by atoms with van der Waals surface area (Å²) in [6.07, 6.45) is 0.264. The summed E-state index contributed by atoms with van der Waals surface area (Å²) < 4.78 is 5.00. The number of benzene rings is 1. The van der Waals surface area contributed by atoms with Crippen LogP contribution in [0.2, 0.25) is 0 Å². The van der Waals surface area contributed by atoms with Crippen LogP contribution < -0.4 is 10.2 Å². The molecule has 0 aromatic heterocycles. The van der Waals surface area contributed by atoms with Gasteiger partial charge >= 0.3 is 0 Å². The third-order valence-corrected chi connectivity index (χ3v) is 3.71. The number of nitrogens with one attached hydrogen (secondary N) is 1. The molecule has 1 fully saturated rings. The number of amides is 2. The number of hydrogen-bond acceptors (Lipinski definition) is 3. The fourth-order valence-electron chi connectivity index (χ4n) is 2.63. The van der Waals surface area contributed by atoms with Gasteiger partial charge in [0.2, 0.25) is 11.8 Å². The largest absolute Gasteiger partial charge is 0.383 e. The van der Waals surface area contributed by atoms with Crippen LogP contribution in [0.15, 0.2) is 24.3 Å². The Kier molecular flexibility index (Phi) is 4.96. The third kappa shape index (κ3) is 3.61. The first-order chi connectivity index (χ1) is 10.0. The molecule has 0 saturated carbocycles. The zero-order valence-corrected chi connectivity index (χ0v) is 12.8. The number of rotatable bonds is 5. The van der Waals surface area contributed by atoms with E-state index in [9.17, 15) is 9.59 Å². The van der Waals surface area contributed by atoms with Crippen molar-refractivity contribution in [2.24, 2.45) is 5.92 Å². The quantitative estimate of drug-likeness (QED) is 0.894. The lowest BCUT2D eigenvalue weighted by Gasteiger charge is -2.19. The van der Waals surface area contributed by atoms with Crippen LogP contribution in [0.1, 0.15) is 18.9 Å². The topological polar surface area (TPSA) is 58.6 Å². The number of anilines is 1. The van der Waals surface area contributed by atoms with Crippen molar-refractivity contribution in [1.29, 1.82) is 0 Å². The monoisotopic (exact) mass is 290 g/mol. The Balaban J connectivity index is 2.03. The summed E-state index contributed by atoms with van der Waals surface area (Å²) in [5.74, 6) is -0.371. The first kappa shape index (κ1) is 15.5. The molecule has 0 radical (unpaired) electrons. The molecule has 1 aromatic carbocycles. The number of hydrogen-bond donors (Lipinski definition) is 1. The van der Waals surface area contributed by atoms with Crippen molar-refractivity contribution < 1.29 is 14.3 Å². The summed E-state index contributed by atoms with van der Waals surface area (Å²) >= 11 is 0. The summed E-state index contributed by atoms with van der Waals surface area (Å²) in [7, 11) is 1.60. The van der Waals surface area contributed by atoms with Gasteiger partial charge in [0, 0.05) is 31.8 Å². The smallest absolute Gasteiger partial charge is 0.227 e. The lowest BCUT2D eigenvalue weighted by atomic mass is 10.1. The van der Waals surface area contributed by atoms with Gasteiger partial charge in [-0.15, -0.1) is 0 Å². The van der Waals surface area contributed by atoms with E-state index in [1.807, 2.05) is 38.1 Å². The Hall–Kier alpha value is -1.88. The van der Waals surface area contributed by atoms with Crippen molar-refractivity contribution in [3.05, 3.63) is 29.8 Å². The molecule has 0 spiro atoms. The lowest BCUT2D eigenvalue weighted by molar-refractivity contribution is -0.127. The third-order valence-electron chi connectivity index (χ3n) is 3.71. The molecule has 1 aliphatic heterocycles. The van der Waals surface area contributed by atoms with Crippen LogP contribution in [-0.4, -0.2) is 38.1 Å². The van der Waals surface area contributed by atoms with Crippen LogP contribution in [0.4, 0.5) is 5.69 Å². The molecule has 1 aliphatic rings. The Bertz CT molecular complexity index is 530. The average Bonchev–Trinajstić information content (AvgIpc) is 2.81. The highest BCUT2D eigenvalue weighted by molar-refractivity contribution is 6.00. The van der Waals surface area contributed by atoms with Gasteiger partial charge in [0.25, 0.3) is 0 Å². The molecular formula is C16H22N2O3. The SMILES string of the molecule is COC[C@@H](C)NC(=O)[C@H]1CC(=O)N(c2ccccc2C)C1. The number of carbonyl (C=O) groups excluding carboxylic acids is 2. The highest BCUT2D eigenvalue weighted by Gasteiger charge is 2.35. The van der Waals surface area contributed by atoms with E-state index in [-0.39, 0.29) is 30.2 Å². The van der Waals surface area contributed by atoms with Crippen molar-refractivity contribution in [1.82, 2.24) is 5.32 Å². The Morgan fingerprint density at radius 2 is 2.19 bits per heavy atom. The normalized spacial score (nSPS) is 19.7. The minimum atomic E-state index is -0.295. The molecule has 0 aliphatic carbocycles. The minimum absolute atomic E-state index is 0.00356. The van der Waals surface area contributed by atoms with Crippen molar-refractivity contribution >= 4 is 17.5 Å². The summed E-state index contributed by atoms with van der Waals surface area (Å²) in [5.41, 5.74) is 1.93. The molecule has 2 rings (SSSR count). The van der Waals surface area contributed by atoms with E-state index in [2.05, 4.69) is 5.32 Å². The number of methoxy groups -OCH3 is 1. The van der Waals surface area contributed by atoms with Gasteiger partial charge < -0.3 is 15.0 Å². The van der Waals surface area contributed by atoms with Crippen LogP contribution in [0.25, 0.3) is 0 Å². The minimum Gasteiger partial charge on any atom is -0.383 e. The van der Waals surface area contributed by atoms with Gasteiger partial charge in [0.15, 0.2) is 0 Å². The zero-order valence-electron chi connectivity index (χ0n) is 12.8. The second kappa shape index (κ2) is 6.72. The van der Waals surface area contributed by atoms with E-state index >= 15 is 0 Å². The molecule has 1 N–H and O–H groups in total. The molecule has 0 unspecified atom stereocenters. The van der Waals surface area contributed by atoms with Gasteiger partial charge in [-0.25, -0.2) is 0 Å². The van der Waals surface area contributed by atoms with E-state index in [0.29, 0.717) is 13.2 Å². The molecule has 1 saturated heterocycles. The van der Waals surface area contributed by atoms with Crippen molar-refractivity contribution in [2.75, 3.05) is 25.2 Å². The molecule has 2 atom stereocenters. The molecular weight excluding hydrogens is 268 g/mol. The standard InChI is InChI=1S/C16H22N2O3/c1-11-6-4-5-7-14(11)18-9-13(8-15(18)19)16(20)17-12(2)10-21-3/h4-7,12-13H,8-10H2,1-3H3,(H,17,20)/t12-,13+/m1/s1. The Morgan fingerprint density at radius 1 is 1.48 bits per heavy atom. The molecule has 5 nitrogen and oxygen atoms in total. The maximum absolute atomic E-state index is 12.2. The van der Waals surface area contributed by atoms with Gasteiger partial charge in [0.1, 0.15) is 0 Å². The summed E-state index contributed by atoms with van der Waals surface area (Å²) in [4.78, 5) is 26.1. The second-order valence-electron chi connectivity index (χ2n) is 5.56. The molecule has 5 heteroatoms. The van der Waals surface area contributed by atoms with E-state index < -0.39 is 0 Å². The highest BCUT2D eigenvalue weighted by Crippen LogP contribution is 2.27. The Morgan fingerprint density at radius 3 is 2.86 bits per heavy atom. The van der Waals surface area contributed by atoms with Crippen LogP contribution in [0, 0.1) is 12.8 Å². The summed E-state index contributed by atoms with van der Waals surface area (Å²) in [5, 5.41) is 2.89. The zero-order chi connectivity index (χ0) is 15.4. The van der Waals surface area contributed by atoms with Crippen molar-refractivity contribution in [3.8, 4) is 0 Å². The number of nitrogens with zero attached hydrogens (tertiary/aromatic N) is 1. The van der Waals surface area contributed by atoms with E-state index in [1.54, 1.807) is 12.0 Å². The number of carbonyl (C=O) groups is 2. The second-order valence-corrected chi connectivity index (χ2v) is 5.56. The van der Waals surface area contributed by atoms with E-state index in [4.69, 9.17) is 4.74 Å². The predicted octanol–water partition coefficient (Wildman–Crippen LogP) is 1.50. The molecule has 1 aromatic rings. The van der Waals surface area contributed by atoms with Crippen molar-refractivity contribution in [2.45, 2.75) is 26.3 Å². The van der Waals surface area contributed by atoms with Gasteiger partial charge in [-0.1, -0.05) is 18.2 Å². The van der Waals surface area contributed by atoms with Crippen LogP contribution >= 0.6 is 0 Å². The average molecular weight is 290 g/mol. The predicted molar refractivity (Wildman–Crippen MR) is 81.1 cm³/mol. The summed E-state index contributed by atoms with van der Waals surface area (Å²) in [6, 6.07) is 7.68. The van der Waals surface area contributed by atoms with Crippen molar-refractivity contribution in [3.63, 3.8) is 0 Å². The van der Waals surface area contributed by atoms with E-state index in [0.717, 1.165) is 11.3 Å². The fourth-order valence-corrected chi connectivity index (χ4v) is 2.63. The maximum Gasteiger partial charge on any atom is 0.227 e. The number of aryl methyl sites for hydroxylation is 1. The van der Waals surface area contributed by atoms with Crippen LogP contribution in [0.5, 0.6) is 0 Å². The highest BCUT2D eigenvalue weighted by atomic mass is 16.5. The van der Waals surface area contributed by atoms with Gasteiger partial charge in [-0.2, -0.15) is 0 Å². The van der Waals surface area contributed by atoms with E-state index in [1.165, 1.54) is 0 Å². The molecule has 0 bridgehead atoms. The molecule has 21 heavy (non-hydrogen) atoms. The van der Waals surface area contributed by atoms with Gasteiger partial charge in [0.05, 0.1) is 12.5 Å². The summed E-state index contributed by atoms with van der Waals surface area (Å²) in [6.45, 7) is 4.76. The van der Waals surface area contributed by atoms with Gasteiger partial charge in [-0.05, 0) is 25.5 Å². The number of para-hydroxylation sites is 1. The first-order valence-electron chi connectivity index (χ1n) is 7.18. The number of ether oxygens (including phenoxy) is 1. The molecule has 2 amide bonds. The molecule has 114 valence electrons. The lowest BCUT2D eigenvalue weighted by Crippen LogP contribution is -2.40. The van der Waals surface area contributed by atoms with Crippen LogP contribution in [0.3, 0.4) is 0 Å². The fraction of sp³-hybridized carbons (Fsp3) is 0.500. The van der Waals surface area contributed by atoms with Gasteiger partial charge in [-0.3, -0.25) is 9.59 Å². The molecule has 1 heterocycles. The first-order valence-corrected chi connectivity index (χ1v) is 7.18. The maximum atomic E-state index is 12.2.